The van der Waals surface area contributed by atoms with Crippen LogP contribution in [0.4, 0.5) is 0 Å². The summed E-state index contributed by atoms with van der Waals surface area (Å²) in [7, 11) is 0. The first kappa shape index (κ1) is 12.5. The van der Waals surface area contributed by atoms with Gasteiger partial charge in [-0.2, -0.15) is 0 Å². The molecule has 0 spiro atoms. The van der Waals surface area contributed by atoms with Gasteiger partial charge < -0.3 is 10.3 Å². The van der Waals surface area contributed by atoms with Crippen LogP contribution in [0.15, 0.2) is 35.8 Å². The zero-order chi connectivity index (χ0) is 13.9. The van der Waals surface area contributed by atoms with Crippen LogP contribution in [0, 0.1) is 12.3 Å². The van der Waals surface area contributed by atoms with Crippen LogP contribution in [0.5, 0.6) is 0 Å². The Morgan fingerprint density at radius 3 is 3.15 bits per heavy atom. The molecule has 0 aliphatic heterocycles. The van der Waals surface area contributed by atoms with Crippen molar-refractivity contribution in [3.63, 3.8) is 0 Å². The Labute approximate surface area is 119 Å². The van der Waals surface area contributed by atoms with E-state index in [1.807, 2.05) is 30.5 Å². The molecule has 3 rings (SSSR count). The first-order chi connectivity index (χ1) is 9.78. The van der Waals surface area contributed by atoms with E-state index in [4.69, 9.17) is 6.42 Å². The molecule has 0 fully saturated rings. The summed E-state index contributed by atoms with van der Waals surface area (Å²) in [5.74, 6) is 2.21. The van der Waals surface area contributed by atoms with Gasteiger partial charge in [-0.1, -0.05) is 12.1 Å². The van der Waals surface area contributed by atoms with Crippen molar-refractivity contribution in [3.05, 3.63) is 52.1 Å². The minimum absolute atomic E-state index is 0.213. The highest BCUT2D eigenvalue weighted by molar-refractivity contribution is 7.10. The fraction of sp³-hybridized carbons (Fsp3) is 0.0667. The van der Waals surface area contributed by atoms with Crippen LogP contribution in [-0.4, -0.2) is 15.9 Å². The maximum atomic E-state index is 12.0. The number of aromatic amines is 1. The number of benzene rings is 1. The van der Waals surface area contributed by atoms with E-state index in [2.05, 4.69) is 21.2 Å². The molecular weight excluding hydrogens is 270 g/mol. The average Bonchev–Trinajstić information content (AvgIpc) is 3.13. The Hall–Kier alpha value is -2.58. The lowest BCUT2D eigenvalue weighted by Gasteiger charge is -2.05. The van der Waals surface area contributed by atoms with E-state index in [9.17, 15) is 4.79 Å². The standard InChI is InChI=1S/C15H11N3OS/c1-2-14-18-13(9-20-14)15(19)17-8-10-4-3-5-12-11(10)6-7-16-12/h1,3-7,9,16H,8H2,(H,17,19). The molecule has 1 amide bonds. The lowest BCUT2D eigenvalue weighted by Crippen LogP contribution is -2.23. The highest BCUT2D eigenvalue weighted by atomic mass is 32.1. The summed E-state index contributed by atoms with van der Waals surface area (Å²) in [6, 6.07) is 7.94. The van der Waals surface area contributed by atoms with E-state index in [1.54, 1.807) is 5.38 Å². The molecule has 0 unspecified atom stereocenters. The number of carbonyl (C=O) groups is 1. The number of carbonyl (C=O) groups excluding carboxylic acids is 1. The van der Waals surface area contributed by atoms with Crippen molar-refractivity contribution in [1.82, 2.24) is 15.3 Å². The highest BCUT2D eigenvalue weighted by Crippen LogP contribution is 2.17. The number of hydrogen-bond acceptors (Lipinski definition) is 3. The molecule has 0 saturated carbocycles. The summed E-state index contributed by atoms with van der Waals surface area (Å²) in [6.07, 6.45) is 7.13. The Balaban J connectivity index is 1.75. The summed E-state index contributed by atoms with van der Waals surface area (Å²) in [5, 5.41) is 6.15. The van der Waals surface area contributed by atoms with Gasteiger partial charge in [0.15, 0.2) is 5.01 Å². The van der Waals surface area contributed by atoms with Crippen LogP contribution >= 0.6 is 11.3 Å². The monoisotopic (exact) mass is 281 g/mol. The molecule has 0 radical (unpaired) electrons. The van der Waals surface area contributed by atoms with Crippen LogP contribution < -0.4 is 5.32 Å². The van der Waals surface area contributed by atoms with E-state index in [-0.39, 0.29) is 5.91 Å². The third kappa shape index (κ3) is 2.29. The van der Waals surface area contributed by atoms with Crippen LogP contribution in [0.3, 0.4) is 0 Å². The zero-order valence-corrected chi connectivity index (χ0v) is 11.3. The molecule has 2 aromatic heterocycles. The van der Waals surface area contributed by atoms with Crippen molar-refractivity contribution in [1.29, 1.82) is 0 Å². The van der Waals surface area contributed by atoms with Crippen molar-refractivity contribution in [3.8, 4) is 12.3 Å². The van der Waals surface area contributed by atoms with Gasteiger partial charge in [0.2, 0.25) is 0 Å². The van der Waals surface area contributed by atoms with Crippen LogP contribution in [-0.2, 0) is 6.54 Å². The Kier molecular flexibility index (Phi) is 3.23. The molecule has 2 heterocycles. The topological polar surface area (TPSA) is 57.8 Å². The third-order valence-electron chi connectivity index (χ3n) is 2.98. The second kappa shape index (κ2) is 5.19. The van der Waals surface area contributed by atoms with E-state index in [0.717, 1.165) is 16.5 Å². The van der Waals surface area contributed by atoms with Gasteiger partial charge in [0.1, 0.15) is 5.69 Å². The lowest BCUT2D eigenvalue weighted by molar-refractivity contribution is 0.0946. The SMILES string of the molecule is C#Cc1nc(C(=O)NCc2cccc3[nH]ccc23)cs1. The normalized spacial score (nSPS) is 10.3. The summed E-state index contributed by atoms with van der Waals surface area (Å²) < 4.78 is 0. The second-order valence-electron chi connectivity index (χ2n) is 4.22. The molecule has 2 N–H and O–H groups in total. The molecule has 0 aliphatic rings. The first-order valence-corrected chi connectivity index (χ1v) is 6.91. The molecule has 98 valence electrons. The first-order valence-electron chi connectivity index (χ1n) is 6.03. The van der Waals surface area contributed by atoms with Gasteiger partial charge >= 0.3 is 0 Å². The Morgan fingerprint density at radius 1 is 1.45 bits per heavy atom. The quantitative estimate of drug-likeness (QED) is 0.725. The number of terminal acetylenes is 1. The molecule has 0 aliphatic carbocycles. The van der Waals surface area contributed by atoms with Crippen molar-refractivity contribution < 1.29 is 4.79 Å². The molecule has 3 aromatic rings. The predicted octanol–water partition coefficient (Wildman–Crippen LogP) is 2.54. The van der Waals surface area contributed by atoms with E-state index in [1.165, 1.54) is 11.3 Å². The molecule has 20 heavy (non-hydrogen) atoms. The number of nitrogens with zero attached hydrogens (tertiary/aromatic N) is 1. The maximum absolute atomic E-state index is 12.0. The van der Waals surface area contributed by atoms with Gasteiger partial charge in [-0.3, -0.25) is 4.79 Å². The number of fused-ring (bicyclic) bond motifs is 1. The molecule has 4 nitrogen and oxygen atoms in total. The van der Waals surface area contributed by atoms with Gasteiger partial charge in [0, 0.05) is 29.0 Å². The van der Waals surface area contributed by atoms with Gasteiger partial charge in [-0.05, 0) is 23.6 Å². The smallest absolute Gasteiger partial charge is 0.271 e. The van der Waals surface area contributed by atoms with Crippen LogP contribution in [0.25, 0.3) is 10.9 Å². The summed E-state index contributed by atoms with van der Waals surface area (Å²) in [6.45, 7) is 0.455. The highest BCUT2D eigenvalue weighted by Gasteiger charge is 2.10. The van der Waals surface area contributed by atoms with Crippen LogP contribution in [0.2, 0.25) is 0 Å². The Morgan fingerprint density at radius 2 is 2.35 bits per heavy atom. The van der Waals surface area contributed by atoms with Crippen molar-refractivity contribution in [2.45, 2.75) is 6.54 Å². The molecule has 0 bridgehead atoms. The predicted molar refractivity (Wildman–Crippen MR) is 79.5 cm³/mol. The van der Waals surface area contributed by atoms with Gasteiger partial charge in [0.25, 0.3) is 5.91 Å². The Bertz CT molecular complexity index is 810. The molecule has 0 saturated heterocycles. The van der Waals surface area contributed by atoms with Crippen molar-refractivity contribution in [2.24, 2.45) is 0 Å². The van der Waals surface area contributed by atoms with Gasteiger partial charge in [-0.15, -0.1) is 17.8 Å². The van der Waals surface area contributed by atoms with E-state index in [0.29, 0.717) is 17.2 Å². The molecule has 5 heteroatoms. The fourth-order valence-corrected chi connectivity index (χ4v) is 2.62. The molecule has 0 atom stereocenters. The summed E-state index contributed by atoms with van der Waals surface area (Å²) in [4.78, 5) is 19.2. The number of hydrogen-bond donors (Lipinski definition) is 2. The minimum atomic E-state index is -0.213. The zero-order valence-electron chi connectivity index (χ0n) is 10.5. The van der Waals surface area contributed by atoms with E-state index < -0.39 is 0 Å². The number of thiazole rings is 1. The average molecular weight is 281 g/mol. The number of amides is 1. The fourth-order valence-electron chi connectivity index (χ4n) is 2.02. The van der Waals surface area contributed by atoms with Gasteiger partial charge in [-0.25, -0.2) is 4.98 Å². The number of aromatic nitrogens is 2. The minimum Gasteiger partial charge on any atom is -0.361 e. The third-order valence-corrected chi connectivity index (χ3v) is 3.76. The van der Waals surface area contributed by atoms with Crippen molar-refractivity contribution >= 4 is 28.1 Å². The van der Waals surface area contributed by atoms with Gasteiger partial charge in [0.05, 0.1) is 0 Å². The van der Waals surface area contributed by atoms with E-state index >= 15 is 0 Å². The van der Waals surface area contributed by atoms with Crippen molar-refractivity contribution in [2.75, 3.05) is 0 Å². The number of nitrogens with one attached hydrogen (secondary N) is 2. The molecular formula is C15H11N3OS. The second-order valence-corrected chi connectivity index (χ2v) is 5.08. The van der Waals surface area contributed by atoms with Crippen LogP contribution in [0.1, 0.15) is 21.1 Å². The number of rotatable bonds is 3. The summed E-state index contributed by atoms with van der Waals surface area (Å²) in [5.41, 5.74) is 2.48. The molecule has 1 aromatic carbocycles. The lowest BCUT2D eigenvalue weighted by atomic mass is 10.1. The maximum Gasteiger partial charge on any atom is 0.271 e. The largest absolute Gasteiger partial charge is 0.361 e. The number of H-pyrrole nitrogens is 1. The summed E-state index contributed by atoms with van der Waals surface area (Å²) >= 11 is 1.29.